The number of aromatic nitrogens is 3. The van der Waals surface area contributed by atoms with Crippen LogP contribution in [0.2, 0.25) is 0 Å². The molecule has 1 aliphatic rings. The number of hydrogen-bond donors (Lipinski definition) is 1. The lowest BCUT2D eigenvalue weighted by molar-refractivity contribution is 0.0687. The Bertz CT molecular complexity index is 683. The summed E-state index contributed by atoms with van der Waals surface area (Å²) in [5.41, 5.74) is 0.620. The van der Waals surface area contributed by atoms with Crippen molar-refractivity contribution in [2.45, 2.75) is 39.4 Å². The van der Waals surface area contributed by atoms with E-state index in [9.17, 15) is 9.18 Å². The van der Waals surface area contributed by atoms with Crippen LogP contribution in [0.3, 0.4) is 0 Å². The molecule has 21 heavy (non-hydrogen) atoms. The predicted octanol–water partition coefficient (Wildman–Crippen LogP) is 2.11. The van der Waals surface area contributed by atoms with Crippen molar-refractivity contribution in [2.75, 3.05) is 6.54 Å². The summed E-state index contributed by atoms with van der Waals surface area (Å²) in [6.45, 7) is 5.36. The maximum atomic E-state index is 13.9. The molecular weight excluding hydrogens is 275 g/mol. The number of imidazole rings is 1. The van der Waals surface area contributed by atoms with Crippen LogP contribution in [-0.2, 0) is 18.6 Å². The van der Waals surface area contributed by atoms with Gasteiger partial charge >= 0.3 is 0 Å². The number of rotatable bonds is 2. The second kappa shape index (κ2) is 4.68. The van der Waals surface area contributed by atoms with Crippen molar-refractivity contribution >= 4 is 5.91 Å². The minimum Gasteiger partial charge on any atom is -0.432 e. The standard InChI is InChI=1S/C14H17FN4O2/c1-8-11(21-13(18-8)14(2,3)15)12(20)19-5-4-9-10(6-19)17-7-16-9/h7H,4-6H2,1-3H3,(H,16,17). The Labute approximate surface area is 121 Å². The Morgan fingerprint density at radius 3 is 2.95 bits per heavy atom. The SMILES string of the molecule is Cc1nc(C(C)(C)F)oc1C(=O)N1CCc2nc[nH]c2C1. The van der Waals surface area contributed by atoms with Gasteiger partial charge in [0.15, 0.2) is 5.67 Å². The van der Waals surface area contributed by atoms with Gasteiger partial charge in [0.1, 0.15) is 0 Å². The molecule has 0 radical (unpaired) electrons. The summed E-state index contributed by atoms with van der Waals surface area (Å²) in [5, 5.41) is 0. The van der Waals surface area contributed by atoms with Gasteiger partial charge in [-0.2, -0.15) is 0 Å². The molecule has 0 saturated carbocycles. The van der Waals surface area contributed by atoms with Crippen LogP contribution in [0, 0.1) is 6.92 Å². The molecule has 0 unspecified atom stereocenters. The monoisotopic (exact) mass is 292 g/mol. The number of hydrogen-bond acceptors (Lipinski definition) is 4. The number of nitrogens with one attached hydrogen (secondary N) is 1. The van der Waals surface area contributed by atoms with Gasteiger partial charge in [-0.05, 0) is 20.8 Å². The smallest absolute Gasteiger partial charge is 0.291 e. The molecule has 6 nitrogen and oxygen atoms in total. The van der Waals surface area contributed by atoms with Crippen LogP contribution in [0.1, 0.15) is 47.4 Å². The number of oxazole rings is 1. The van der Waals surface area contributed by atoms with E-state index in [1.165, 1.54) is 13.8 Å². The fraction of sp³-hybridized carbons (Fsp3) is 0.500. The Morgan fingerprint density at radius 1 is 1.52 bits per heavy atom. The molecule has 7 heteroatoms. The lowest BCUT2D eigenvalue weighted by atomic mass is 10.1. The van der Waals surface area contributed by atoms with E-state index in [0.29, 0.717) is 25.2 Å². The highest BCUT2D eigenvalue weighted by Crippen LogP contribution is 2.27. The molecule has 1 aliphatic heterocycles. The largest absolute Gasteiger partial charge is 0.432 e. The second-order valence-corrected chi connectivity index (χ2v) is 5.71. The molecule has 0 bridgehead atoms. The van der Waals surface area contributed by atoms with Crippen molar-refractivity contribution in [1.29, 1.82) is 0 Å². The van der Waals surface area contributed by atoms with Crippen LogP contribution in [0.4, 0.5) is 4.39 Å². The van der Waals surface area contributed by atoms with E-state index in [2.05, 4.69) is 15.0 Å². The van der Waals surface area contributed by atoms with Crippen LogP contribution >= 0.6 is 0 Å². The molecule has 3 rings (SSSR count). The molecule has 0 spiro atoms. The predicted molar refractivity (Wildman–Crippen MR) is 72.4 cm³/mol. The normalized spacial score (nSPS) is 15.1. The summed E-state index contributed by atoms with van der Waals surface area (Å²) in [4.78, 5) is 25.4. The Balaban J connectivity index is 1.85. The van der Waals surface area contributed by atoms with Gasteiger partial charge in [0.2, 0.25) is 11.7 Å². The van der Waals surface area contributed by atoms with Gasteiger partial charge in [-0.25, -0.2) is 14.4 Å². The van der Waals surface area contributed by atoms with Crippen molar-refractivity contribution < 1.29 is 13.6 Å². The molecule has 0 aliphatic carbocycles. The number of amides is 1. The molecule has 1 amide bonds. The second-order valence-electron chi connectivity index (χ2n) is 5.71. The molecule has 1 N–H and O–H groups in total. The lowest BCUT2D eigenvalue weighted by Gasteiger charge is -2.25. The third-order valence-corrected chi connectivity index (χ3v) is 3.56. The van der Waals surface area contributed by atoms with Crippen molar-refractivity contribution in [3.8, 4) is 0 Å². The number of aromatic amines is 1. The number of carbonyl (C=O) groups excluding carboxylic acids is 1. The van der Waals surface area contributed by atoms with E-state index in [4.69, 9.17) is 4.42 Å². The fourth-order valence-corrected chi connectivity index (χ4v) is 2.38. The van der Waals surface area contributed by atoms with Crippen LogP contribution in [0.25, 0.3) is 0 Å². The summed E-state index contributed by atoms with van der Waals surface area (Å²) in [7, 11) is 0. The third-order valence-electron chi connectivity index (χ3n) is 3.56. The Hall–Kier alpha value is -2.18. The number of nitrogens with zero attached hydrogens (tertiary/aromatic N) is 3. The first-order valence-electron chi connectivity index (χ1n) is 6.83. The van der Waals surface area contributed by atoms with E-state index in [-0.39, 0.29) is 17.6 Å². The van der Waals surface area contributed by atoms with Crippen LogP contribution in [0.5, 0.6) is 0 Å². The zero-order chi connectivity index (χ0) is 15.2. The summed E-state index contributed by atoms with van der Waals surface area (Å²) < 4.78 is 19.2. The van der Waals surface area contributed by atoms with Gasteiger partial charge in [-0.3, -0.25) is 4.79 Å². The number of halogens is 1. The maximum Gasteiger partial charge on any atom is 0.291 e. The number of aryl methyl sites for hydroxylation is 1. The average Bonchev–Trinajstić information content (AvgIpc) is 3.02. The van der Waals surface area contributed by atoms with Gasteiger partial charge in [-0.1, -0.05) is 0 Å². The average molecular weight is 292 g/mol. The van der Waals surface area contributed by atoms with E-state index in [1.54, 1.807) is 18.2 Å². The number of H-pyrrole nitrogens is 1. The fourth-order valence-electron chi connectivity index (χ4n) is 2.38. The highest BCUT2D eigenvalue weighted by molar-refractivity contribution is 5.92. The van der Waals surface area contributed by atoms with Crippen molar-refractivity contribution in [3.63, 3.8) is 0 Å². The van der Waals surface area contributed by atoms with Crippen LogP contribution < -0.4 is 0 Å². The Kier molecular flexibility index (Phi) is 3.07. The van der Waals surface area contributed by atoms with Crippen molar-refractivity contribution in [1.82, 2.24) is 19.9 Å². The molecule has 0 fully saturated rings. The van der Waals surface area contributed by atoms with Crippen molar-refractivity contribution in [3.05, 3.63) is 35.1 Å². The maximum absolute atomic E-state index is 13.9. The zero-order valence-electron chi connectivity index (χ0n) is 12.2. The van der Waals surface area contributed by atoms with Crippen LogP contribution in [0.15, 0.2) is 10.7 Å². The molecule has 2 aromatic rings. The molecule has 2 aromatic heterocycles. The lowest BCUT2D eigenvalue weighted by Crippen LogP contribution is -2.36. The minimum atomic E-state index is -1.71. The molecule has 0 atom stereocenters. The van der Waals surface area contributed by atoms with Gasteiger partial charge in [0.05, 0.1) is 30.0 Å². The summed E-state index contributed by atoms with van der Waals surface area (Å²) in [5.74, 6) is -0.225. The topological polar surface area (TPSA) is 75.0 Å². The van der Waals surface area contributed by atoms with E-state index >= 15 is 0 Å². The highest BCUT2D eigenvalue weighted by Gasteiger charge is 2.32. The first-order chi connectivity index (χ1) is 9.86. The van der Waals surface area contributed by atoms with E-state index < -0.39 is 5.67 Å². The molecule has 0 saturated heterocycles. The van der Waals surface area contributed by atoms with Crippen LogP contribution in [-0.4, -0.2) is 32.3 Å². The molecular formula is C14H17FN4O2. The molecule has 0 aromatic carbocycles. The first kappa shape index (κ1) is 13.8. The van der Waals surface area contributed by atoms with E-state index in [1.807, 2.05) is 0 Å². The number of fused-ring (bicyclic) bond motifs is 1. The summed E-state index contributed by atoms with van der Waals surface area (Å²) in [6.07, 6.45) is 2.32. The van der Waals surface area contributed by atoms with E-state index in [0.717, 1.165) is 11.4 Å². The minimum absolute atomic E-state index is 0.0670. The van der Waals surface area contributed by atoms with Gasteiger partial charge in [0.25, 0.3) is 5.91 Å². The van der Waals surface area contributed by atoms with Gasteiger partial charge < -0.3 is 14.3 Å². The first-order valence-corrected chi connectivity index (χ1v) is 6.83. The zero-order valence-corrected chi connectivity index (χ0v) is 12.2. The number of alkyl halides is 1. The molecule has 112 valence electrons. The third kappa shape index (κ3) is 2.43. The van der Waals surface area contributed by atoms with Crippen molar-refractivity contribution in [2.24, 2.45) is 0 Å². The summed E-state index contributed by atoms with van der Waals surface area (Å²) in [6, 6.07) is 0. The summed E-state index contributed by atoms with van der Waals surface area (Å²) >= 11 is 0. The van der Waals surface area contributed by atoms with Gasteiger partial charge in [-0.15, -0.1) is 0 Å². The highest BCUT2D eigenvalue weighted by atomic mass is 19.1. The van der Waals surface area contributed by atoms with Gasteiger partial charge in [0, 0.05) is 13.0 Å². The Morgan fingerprint density at radius 2 is 2.29 bits per heavy atom. The number of carbonyl (C=O) groups is 1. The molecule has 3 heterocycles. The quantitative estimate of drug-likeness (QED) is 0.920.